The number of carbonyl (C=O) groups is 1. The number of halogens is 1. The number of benzene rings is 3. The number of amides is 1. The summed E-state index contributed by atoms with van der Waals surface area (Å²) < 4.78 is 20.2. The number of anilines is 1. The van der Waals surface area contributed by atoms with Gasteiger partial charge in [0.25, 0.3) is 5.91 Å². The quantitative estimate of drug-likeness (QED) is 0.247. The van der Waals surface area contributed by atoms with Crippen molar-refractivity contribution in [3.8, 4) is 29.0 Å². The summed E-state index contributed by atoms with van der Waals surface area (Å²) in [7, 11) is 1.60. The van der Waals surface area contributed by atoms with E-state index >= 15 is 4.39 Å². The van der Waals surface area contributed by atoms with Crippen LogP contribution in [-0.2, 0) is 6.54 Å². The van der Waals surface area contributed by atoms with Gasteiger partial charge in [-0.05, 0) is 78.1 Å². The number of nitrogens with zero attached hydrogens (tertiary/aromatic N) is 5. The second-order valence-corrected chi connectivity index (χ2v) is 10.5. The van der Waals surface area contributed by atoms with Crippen LogP contribution in [0.3, 0.4) is 0 Å². The Bertz CT molecular complexity index is 1770. The van der Waals surface area contributed by atoms with Gasteiger partial charge >= 0.3 is 0 Å². The lowest BCUT2D eigenvalue weighted by Gasteiger charge is -2.22. The second-order valence-electron chi connectivity index (χ2n) is 9.68. The van der Waals surface area contributed by atoms with E-state index in [1.165, 1.54) is 42.3 Å². The average Bonchev–Trinajstić information content (AvgIpc) is 3.61. The molecule has 10 heteroatoms. The zero-order valence-electron chi connectivity index (χ0n) is 22.2. The van der Waals surface area contributed by atoms with E-state index in [2.05, 4.69) is 42.9 Å². The van der Waals surface area contributed by atoms with Gasteiger partial charge in [-0.25, -0.2) is 9.37 Å². The highest BCUT2D eigenvalue weighted by molar-refractivity contribution is 7.10. The maximum absolute atomic E-state index is 15.0. The molecule has 0 bridgehead atoms. The van der Waals surface area contributed by atoms with Crippen LogP contribution in [0.5, 0.6) is 5.75 Å². The Hall–Kier alpha value is -4.88. The third-order valence-corrected chi connectivity index (χ3v) is 7.66. The number of methoxy groups -OCH3 is 1. The molecule has 2 heterocycles. The van der Waals surface area contributed by atoms with E-state index in [-0.39, 0.29) is 17.0 Å². The maximum Gasteiger partial charge on any atom is 0.255 e. The number of hydrogen-bond donors (Lipinski definition) is 1. The third kappa shape index (κ3) is 6.15. The summed E-state index contributed by atoms with van der Waals surface area (Å²) >= 11 is 1.55. The Labute approximate surface area is 240 Å². The molecule has 0 saturated heterocycles. The van der Waals surface area contributed by atoms with Gasteiger partial charge in [-0.2, -0.15) is 4.80 Å². The van der Waals surface area contributed by atoms with Crippen molar-refractivity contribution in [3.05, 3.63) is 105 Å². The van der Waals surface area contributed by atoms with Crippen molar-refractivity contribution in [1.29, 1.82) is 0 Å². The highest BCUT2D eigenvalue weighted by Crippen LogP contribution is 2.36. The highest BCUT2D eigenvalue weighted by atomic mass is 32.1. The molecule has 204 valence electrons. The van der Waals surface area contributed by atoms with E-state index in [0.717, 1.165) is 27.6 Å². The lowest BCUT2D eigenvalue weighted by Crippen LogP contribution is -2.12. The minimum absolute atomic E-state index is 0.134. The summed E-state index contributed by atoms with van der Waals surface area (Å²) in [4.78, 5) is 18.9. The van der Waals surface area contributed by atoms with E-state index < -0.39 is 11.7 Å². The van der Waals surface area contributed by atoms with Gasteiger partial charge in [-0.3, -0.25) is 4.79 Å². The Morgan fingerprint density at radius 1 is 1.12 bits per heavy atom. The summed E-state index contributed by atoms with van der Waals surface area (Å²) in [5, 5.41) is 18.0. The molecule has 8 nitrogen and oxygen atoms in total. The van der Waals surface area contributed by atoms with E-state index in [1.54, 1.807) is 30.6 Å². The van der Waals surface area contributed by atoms with Crippen LogP contribution in [0.25, 0.3) is 11.4 Å². The third-order valence-electron chi connectivity index (χ3n) is 6.89. The second kappa shape index (κ2) is 11.7. The molecule has 0 spiro atoms. The van der Waals surface area contributed by atoms with Gasteiger partial charge < -0.3 is 10.1 Å². The largest absolute Gasteiger partial charge is 0.497 e. The Kier molecular flexibility index (Phi) is 7.52. The van der Waals surface area contributed by atoms with Crippen molar-refractivity contribution in [2.24, 2.45) is 0 Å². The highest BCUT2D eigenvalue weighted by Gasteiger charge is 2.21. The molecule has 1 N–H and O–H groups in total. The van der Waals surface area contributed by atoms with Crippen LogP contribution in [0.4, 0.5) is 10.1 Å². The number of carbonyl (C=O) groups excluding carboxylic acids is 1. The number of rotatable bonds is 7. The number of hydrogen-bond acceptors (Lipinski definition) is 7. The molecule has 0 atom stereocenters. The number of aromatic nitrogens is 5. The van der Waals surface area contributed by atoms with Gasteiger partial charge in [0, 0.05) is 28.1 Å². The summed E-state index contributed by atoms with van der Waals surface area (Å²) in [6.07, 6.45) is 3.67. The number of tetrazole rings is 1. The van der Waals surface area contributed by atoms with Gasteiger partial charge in [0.15, 0.2) is 5.01 Å². The molecule has 1 amide bonds. The molecule has 41 heavy (non-hydrogen) atoms. The molecule has 1 aliphatic rings. The Morgan fingerprint density at radius 2 is 1.98 bits per heavy atom. The van der Waals surface area contributed by atoms with Crippen LogP contribution in [-0.4, -0.2) is 38.2 Å². The monoisotopic (exact) mass is 564 g/mol. The molecule has 6 rings (SSSR count). The van der Waals surface area contributed by atoms with Gasteiger partial charge in [0.1, 0.15) is 11.6 Å². The van der Waals surface area contributed by atoms with Crippen LogP contribution in [0.2, 0.25) is 0 Å². The van der Waals surface area contributed by atoms with Crippen molar-refractivity contribution < 1.29 is 13.9 Å². The van der Waals surface area contributed by atoms with Crippen molar-refractivity contribution in [2.45, 2.75) is 31.7 Å². The van der Waals surface area contributed by atoms with Crippen LogP contribution >= 0.6 is 11.3 Å². The molecular formula is C31H25FN6O2S. The fourth-order valence-corrected chi connectivity index (χ4v) is 5.13. The zero-order valence-corrected chi connectivity index (χ0v) is 23.0. The predicted octanol–water partition coefficient (Wildman–Crippen LogP) is 5.91. The van der Waals surface area contributed by atoms with Crippen molar-refractivity contribution in [3.63, 3.8) is 0 Å². The van der Waals surface area contributed by atoms with E-state index in [4.69, 9.17) is 4.74 Å². The molecule has 3 aromatic carbocycles. The Balaban J connectivity index is 1.10. The van der Waals surface area contributed by atoms with Crippen molar-refractivity contribution in [2.75, 3.05) is 12.4 Å². The summed E-state index contributed by atoms with van der Waals surface area (Å²) in [5.74, 6) is 6.63. The average molecular weight is 565 g/mol. The first kappa shape index (κ1) is 26.3. The number of thiazole rings is 1. The first-order chi connectivity index (χ1) is 20.0. The van der Waals surface area contributed by atoms with Crippen LogP contribution < -0.4 is 10.1 Å². The fourth-order valence-electron chi connectivity index (χ4n) is 4.39. The standard InChI is InChI=1S/C31H25FN6O2S/c1-40-25-12-8-21(9-13-25)18-38-36-30(35-37-38)26-14-11-23(17-27(26)32)31(39)33-24-7-2-4-20(16-24)10-15-29-34-28(19-41-29)22-5-3-6-22/h2,4,7-9,11-14,16-17,19,22H,3,5-6,18H2,1H3,(H,33,39). The molecule has 0 radical (unpaired) electrons. The van der Waals surface area contributed by atoms with Crippen LogP contribution in [0, 0.1) is 17.7 Å². The lowest BCUT2D eigenvalue weighted by molar-refractivity contribution is 0.102. The van der Waals surface area contributed by atoms with Gasteiger partial charge in [-0.15, -0.1) is 21.5 Å². The number of ether oxygens (including phenoxy) is 1. The summed E-state index contributed by atoms with van der Waals surface area (Å²) in [5.41, 5.74) is 3.71. The van der Waals surface area contributed by atoms with Crippen molar-refractivity contribution in [1.82, 2.24) is 25.2 Å². The smallest absolute Gasteiger partial charge is 0.255 e. The first-order valence-corrected chi connectivity index (χ1v) is 14.0. The zero-order chi connectivity index (χ0) is 28.2. The topological polar surface area (TPSA) is 94.8 Å². The lowest BCUT2D eigenvalue weighted by atomic mass is 9.83. The fraction of sp³-hybridized carbons (Fsp3) is 0.194. The molecule has 5 aromatic rings. The molecule has 0 aliphatic heterocycles. The van der Waals surface area contributed by atoms with Gasteiger partial charge in [0.05, 0.1) is 24.9 Å². The van der Waals surface area contributed by atoms with Gasteiger partial charge in [-0.1, -0.05) is 30.5 Å². The first-order valence-electron chi connectivity index (χ1n) is 13.1. The van der Waals surface area contributed by atoms with Crippen LogP contribution in [0.15, 0.2) is 72.1 Å². The summed E-state index contributed by atoms with van der Waals surface area (Å²) in [6, 6.07) is 18.9. The minimum Gasteiger partial charge on any atom is -0.497 e. The molecule has 2 aromatic heterocycles. The molecule has 1 aliphatic carbocycles. The predicted molar refractivity (Wildman–Crippen MR) is 154 cm³/mol. The van der Waals surface area contributed by atoms with E-state index in [0.29, 0.717) is 18.2 Å². The SMILES string of the molecule is COc1ccc(Cn2nnc(-c3ccc(C(=O)Nc4cccc(C#Cc5nc(C6CCC6)cs5)c4)cc3F)n2)cc1. The van der Waals surface area contributed by atoms with E-state index in [1.807, 2.05) is 36.4 Å². The van der Waals surface area contributed by atoms with Gasteiger partial charge in [0.2, 0.25) is 5.82 Å². The number of nitrogens with one attached hydrogen (secondary N) is 1. The normalized spacial score (nSPS) is 12.7. The minimum atomic E-state index is -0.619. The maximum atomic E-state index is 15.0. The summed E-state index contributed by atoms with van der Waals surface area (Å²) in [6.45, 7) is 0.369. The van der Waals surface area contributed by atoms with E-state index in [9.17, 15) is 4.79 Å². The van der Waals surface area contributed by atoms with Crippen LogP contribution in [0.1, 0.15) is 57.4 Å². The Morgan fingerprint density at radius 3 is 2.73 bits per heavy atom. The molecule has 1 saturated carbocycles. The molecular weight excluding hydrogens is 539 g/mol. The van der Waals surface area contributed by atoms with Crippen molar-refractivity contribution >= 4 is 22.9 Å². The molecule has 1 fully saturated rings. The molecule has 0 unspecified atom stereocenters.